The summed E-state index contributed by atoms with van der Waals surface area (Å²) < 4.78 is 87.4. The van der Waals surface area contributed by atoms with Crippen molar-refractivity contribution in [2.24, 2.45) is 10.2 Å². The maximum atomic E-state index is 12.1. The first-order valence-electron chi connectivity index (χ1n) is 22.2. The molecule has 0 atom stereocenters. The van der Waals surface area contributed by atoms with Gasteiger partial charge in [0.2, 0.25) is 11.9 Å². The molecule has 0 saturated heterocycles. The van der Waals surface area contributed by atoms with Crippen molar-refractivity contribution >= 4 is 133 Å². The first kappa shape index (κ1) is 51.4. The highest BCUT2D eigenvalue weighted by Gasteiger charge is 2.23. The number of rotatable bonds is 22. The van der Waals surface area contributed by atoms with Crippen LogP contribution in [0.4, 0.5) is 56.0 Å². The van der Waals surface area contributed by atoms with Gasteiger partial charge in [-0.3, -0.25) is 20.0 Å². The predicted molar refractivity (Wildman–Crippen MR) is 286 cm³/mol. The molecule has 5 aromatic carbocycles. The van der Waals surface area contributed by atoms with Crippen LogP contribution in [0.5, 0.6) is 11.5 Å². The summed E-state index contributed by atoms with van der Waals surface area (Å²) in [5.74, 6) is 0.867. The zero-order chi connectivity index (χ0) is 51.2. The van der Waals surface area contributed by atoms with E-state index < -0.39 is 30.0 Å². The number of methoxy groups -OCH3 is 2. The van der Waals surface area contributed by atoms with E-state index in [2.05, 4.69) is 78.0 Å². The first-order valence-corrected chi connectivity index (χ1v) is 27.6. The van der Waals surface area contributed by atoms with Gasteiger partial charge in [-0.1, -0.05) is 42.1 Å². The summed E-state index contributed by atoms with van der Waals surface area (Å²) in [7, 11) is -6.55. The Kier molecular flexibility index (Phi) is 15.9. The lowest BCUT2D eigenvalue weighted by atomic mass is 10.2. The number of nitrogens with one attached hydrogen (secondary N) is 4. The van der Waals surface area contributed by atoms with E-state index >= 15 is 0 Å². The molecule has 0 aliphatic rings. The van der Waals surface area contributed by atoms with Gasteiger partial charge >= 0.3 is 0 Å². The third-order valence-corrected chi connectivity index (χ3v) is 15.4. The van der Waals surface area contributed by atoms with Gasteiger partial charge < -0.3 is 29.9 Å². The molecule has 0 fully saturated rings. The third-order valence-electron chi connectivity index (χ3n) is 11.2. The molecule has 8 aromatic rings. The number of hydrazine groups is 1. The van der Waals surface area contributed by atoms with Gasteiger partial charge in [0, 0.05) is 54.1 Å². The second-order valence-electron chi connectivity index (χ2n) is 15.5. The number of thioether (sulfide) groups is 1. The Hall–Kier alpha value is -6.94. The van der Waals surface area contributed by atoms with Crippen LogP contribution in [-0.2, 0) is 26.0 Å². The van der Waals surface area contributed by atoms with Crippen LogP contribution in [0, 0.1) is 0 Å². The van der Waals surface area contributed by atoms with Crippen LogP contribution in [0.2, 0.25) is 0 Å². The first-order chi connectivity index (χ1) is 34.6. The zero-order valence-corrected chi connectivity index (χ0v) is 43.7. The maximum Gasteiger partial charge on any atom is 0.298 e. The second-order valence-corrected chi connectivity index (χ2v) is 20.8. The molecule has 0 aliphatic heterocycles. The number of ether oxygens (including phenoxy) is 2. The standard InChI is InChI=1S/C46H49N13O8S5/c1-7-58(8-2)28-16-18-32(52-54-42-30-22-38(66-5)40(71(60,61)62)24-34(30)56-69-42)36(20-28)47-44-49-45(51-46(50-44)68-26-27-14-12-11-13-15-27)48-37-21-29(59(9-3)10-4)17-19-33(37)53-55-43-31-23-39(67-6)41(72(63,64)65)25-35(31)57-70-43/h11-25,52,54H,7-10,26H2,1-6H3,(H,60,61,62)(H,63,64,65)(H2,47,48,49,50,51)/b55-53+. The summed E-state index contributed by atoms with van der Waals surface area (Å²) in [5, 5.41) is 18.4. The van der Waals surface area contributed by atoms with Gasteiger partial charge in [0.25, 0.3) is 20.2 Å². The highest BCUT2D eigenvalue weighted by molar-refractivity contribution is 7.98. The fourth-order valence-corrected chi connectivity index (χ4v) is 11.0. The largest absolute Gasteiger partial charge is 0.495 e. The van der Waals surface area contributed by atoms with Crippen LogP contribution in [0.25, 0.3) is 21.8 Å². The SMILES string of the molecule is CCN(CC)c1ccc(/N=N/c2snc3cc(S(=O)(=O)O)c(OC)cc23)c(Nc2nc(Nc3cc(N(CC)CC)ccc3NNc3snc4cc(S(=O)(=O)O)c(OC)cc34)nc(SCc3ccccc3)n2)c1. The van der Waals surface area contributed by atoms with Gasteiger partial charge in [-0.15, -0.1) is 10.2 Å². The molecule has 3 heterocycles. The fourth-order valence-electron chi connectivity index (χ4n) is 7.52. The van der Waals surface area contributed by atoms with Crippen LogP contribution >= 0.6 is 34.8 Å². The summed E-state index contributed by atoms with van der Waals surface area (Å²) in [4.78, 5) is 18.2. The lowest BCUT2D eigenvalue weighted by Crippen LogP contribution is -2.22. The van der Waals surface area contributed by atoms with Crippen molar-refractivity contribution < 1.29 is 35.4 Å². The molecule has 0 aliphatic carbocycles. The molecule has 0 bridgehead atoms. The van der Waals surface area contributed by atoms with E-state index in [4.69, 9.17) is 24.4 Å². The molecule has 0 unspecified atom stereocenters. The Morgan fingerprint density at radius 1 is 0.625 bits per heavy atom. The van der Waals surface area contributed by atoms with Crippen LogP contribution < -0.4 is 40.8 Å². The van der Waals surface area contributed by atoms with E-state index in [0.717, 1.165) is 66.2 Å². The van der Waals surface area contributed by atoms with Crippen LogP contribution in [0.15, 0.2) is 116 Å². The van der Waals surface area contributed by atoms with Gasteiger partial charge in [0.15, 0.2) is 10.2 Å². The number of azo groups is 1. The third kappa shape index (κ3) is 11.7. The van der Waals surface area contributed by atoms with Gasteiger partial charge in [0.1, 0.15) is 32.0 Å². The average molecular weight is 1070 g/mol. The van der Waals surface area contributed by atoms with Crippen molar-refractivity contribution in [1.29, 1.82) is 0 Å². The number of hydrogen-bond acceptors (Lipinski definition) is 22. The van der Waals surface area contributed by atoms with E-state index in [-0.39, 0.29) is 28.9 Å². The minimum atomic E-state index is -4.59. The van der Waals surface area contributed by atoms with Crippen LogP contribution in [-0.4, -0.2) is 90.0 Å². The van der Waals surface area contributed by atoms with Crippen molar-refractivity contribution in [3.05, 3.63) is 96.6 Å². The molecule has 3 aromatic heterocycles. The molecule has 6 N–H and O–H groups in total. The Morgan fingerprint density at radius 3 is 1.78 bits per heavy atom. The van der Waals surface area contributed by atoms with Gasteiger partial charge in [-0.2, -0.15) is 40.5 Å². The number of aromatic nitrogens is 5. The molecule has 376 valence electrons. The molecule has 0 spiro atoms. The maximum absolute atomic E-state index is 12.1. The molecule has 0 saturated carbocycles. The highest BCUT2D eigenvalue weighted by Crippen LogP contribution is 2.41. The molecular formula is C46H49N13O8S5. The normalized spacial score (nSPS) is 11.8. The van der Waals surface area contributed by atoms with Crippen LogP contribution in [0.3, 0.4) is 0 Å². The monoisotopic (exact) mass is 1070 g/mol. The van der Waals surface area contributed by atoms with Gasteiger partial charge in [0.05, 0.1) is 42.3 Å². The van der Waals surface area contributed by atoms with E-state index in [0.29, 0.717) is 60.0 Å². The lowest BCUT2D eigenvalue weighted by Gasteiger charge is -2.23. The minimum Gasteiger partial charge on any atom is -0.495 e. The van der Waals surface area contributed by atoms with Crippen molar-refractivity contribution in [3.8, 4) is 11.5 Å². The number of benzene rings is 5. The van der Waals surface area contributed by atoms with Crippen LogP contribution in [0.1, 0.15) is 33.3 Å². The second kappa shape index (κ2) is 22.2. The van der Waals surface area contributed by atoms with Crippen molar-refractivity contribution in [1.82, 2.24) is 23.7 Å². The Balaban J connectivity index is 1.18. The molecular weight excluding hydrogens is 1020 g/mol. The number of hydrogen-bond donors (Lipinski definition) is 6. The average Bonchev–Trinajstić information content (AvgIpc) is 3.97. The molecule has 72 heavy (non-hydrogen) atoms. The number of fused-ring (bicyclic) bond motifs is 2. The molecule has 8 rings (SSSR count). The lowest BCUT2D eigenvalue weighted by molar-refractivity contribution is 0.398. The Morgan fingerprint density at radius 2 is 1.18 bits per heavy atom. The Bertz CT molecular complexity index is 3500. The Labute approximate surface area is 427 Å². The predicted octanol–water partition coefficient (Wildman–Crippen LogP) is 10.9. The number of anilines is 8. The molecule has 26 heteroatoms. The summed E-state index contributed by atoms with van der Waals surface area (Å²) >= 11 is 3.51. The van der Waals surface area contributed by atoms with E-state index in [1.165, 1.54) is 50.2 Å². The van der Waals surface area contributed by atoms with E-state index in [9.17, 15) is 25.9 Å². The fraction of sp³-hybridized carbons (Fsp3) is 0.239. The topological polar surface area (TPSA) is 271 Å². The minimum absolute atomic E-state index is 0.0389. The molecule has 21 nitrogen and oxygen atoms in total. The van der Waals surface area contributed by atoms with Gasteiger partial charge in [-0.25, -0.2) is 0 Å². The van der Waals surface area contributed by atoms with Crippen molar-refractivity contribution in [2.75, 3.05) is 71.7 Å². The summed E-state index contributed by atoms with van der Waals surface area (Å²) in [5.41, 5.74) is 12.2. The molecule has 0 radical (unpaired) electrons. The smallest absolute Gasteiger partial charge is 0.298 e. The molecule has 0 amide bonds. The van der Waals surface area contributed by atoms with E-state index in [1.54, 1.807) is 0 Å². The van der Waals surface area contributed by atoms with Crippen molar-refractivity contribution in [3.63, 3.8) is 0 Å². The van der Waals surface area contributed by atoms with Crippen molar-refractivity contribution in [2.45, 2.75) is 48.4 Å². The highest BCUT2D eigenvalue weighted by atomic mass is 32.2. The summed E-state index contributed by atoms with van der Waals surface area (Å²) in [6, 6.07) is 26.9. The summed E-state index contributed by atoms with van der Waals surface area (Å²) in [6.07, 6.45) is 0. The van der Waals surface area contributed by atoms with E-state index in [1.807, 2.05) is 66.7 Å². The summed E-state index contributed by atoms with van der Waals surface area (Å²) in [6.45, 7) is 11.2. The number of nitrogens with zero attached hydrogens (tertiary/aromatic N) is 9. The quantitative estimate of drug-likeness (QED) is 0.0159. The zero-order valence-electron chi connectivity index (χ0n) is 39.6. The van der Waals surface area contributed by atoms with Gasteiger partial charge in [-0.05, 0) is 117 Å².